The minimum absolute atomic E-state index is 0. The molecule has 0 saturated heterocycles. The maximum atomic E-state index is 13.7. The summed E-state index contributed by atoms with van der Waals surface area (Å²) in [6.07, 6.45) is 2.55. The molecule has 1 saturated carbocycles. The van der Waals surface area contributed by atoms with Gasteiger partial charge < -0.3 is 16.0 Å². The Morgan fingerprint density at radius 3 is 2.61 bits per heavy atom. The molecule has 23 heavy (non-hydrogen) atoms. The Bertz CT molecular complexity index is 514. The minimum Gasteiger partial charge on any atom is -0.352 e. The fourth-order valence-corrected chi connectivity index (χ4v) is 2.79. The molecule has 0 radical (unpaired) electrons. The van der Waals surface area contributed by atoms with Crippen LogP contribution in [0.25, 0.3) is 0 Å². The molecule has 0 aromatic heterocycles. The summed E-state index contributed by atoms with van der Waals surface area (Å²) in [6, 6.07) is 5.15. The van der Waals surface area contributed by atoms with Gasteiger partial charge in [0.25, 0.3) is 0 Å². The highest BCUT2D eigenvalue weighted by atomic mass is 35.5. The number of rotatable bonds is 5. The van der Waals surface area contributed by atoms with Gasteiger partial charge in [-0.15, -0.1) is 24.8 Å². The van der Waals surface area contributed by atoms with E-state index < -0.39 is 0 Å². The number of hydrogen-bond acceptors (Lipinski definition) is 3. The molecule has 1 aliphatic carbocycles. The minimum atomic E-state index is -0.208. The second kappa shape index (κ2) is 10.1. The molecule has 2 unspecified atom stereocenters. The summed E-state index contributed by atoms with van der Waals surface area (Å²) in [4.78, 5) is 14.0. The normalized spacial score (nSPS) is 19.9. The van der Waals surface area contributed by atoms with Crippen molar-refractivity contribution in [3.63, 3.8) is 0 Å². The third-order valence-corrected chi connectivity index (χ3v) is 3.91. The van der Waals surface area contributed by atoms with Crippen molar-refractivity contribution in [3.8, 4) is 0 Å². The van der Waals surface area contributed by atoms with E-state index in [0.29, 0.717) is 18.7 Å². The van der Waals surface area contributed by atoms with Gasteiger partial charge in [-0.3, -0.25) is 4.79 Å². The van der Waals surface area contributed by atoms with Crippen molar-refractivity contribution in [1.29, 1.82) is 0 Å². The largest absolute Gasteiger partial charge is 0.352 e. The second-order valence-electron chi connectivity index (χ2n) is 6.15. The standard InChI is InChI=1S/C16H24FN3O.2ClH/c1-20(2)10-13-7-11(3-6-15(13)17)9-19-16(21)12-4-5-14(18)8-12;;/h3,6-7,12,14H,4-5,8-10,18H2,1-2H3,(H,19,21);2*1H. The van der Waals surface area contributed by atoms with Gasteiger partial charge in [0.05, 0.1) is 0 Å². The molecule has 0 heterocycles. The van der Waals surface area contributed by atoms with Crippen molar-refractivity contribution in [3.05, 3.63) is 35.1 Å². The smallest absolute Gasteiger partial charge is 0.223 e. The van der Waals surface area contributed by atoms with Crippen LogP contribution in [0.1, 0.15) is 30.4 Å². The summed E-state index contributed by atoms with van der Waals surface area (Å²) in [7, 11) is 3.80. The van der Waals surface area contributed by atoms with Crippen LogP contribution in [0.3, 0.4) is 0 Å². The summed E-state index contributed by atoms with van der Waals surface area (Å²) in [5, 5.41) is 2.93. The number of carbonyl (C=O) groups excluding carboxylic acids is 1. The SMILES string of the molecule is CN(C)Cc1cc(CNC(=O)C2CCC(N)C2)ccc1F.Cl.Cl. The number of nitrogens with zero attached hydrogens (tertiary/aromatic N) is 1. The number of nitrogens with two attached hydrogens (primary N) is 1. The maximum Gasteiger partial charge on any atom is 0.223 e. The van der Waals surface area contributed by atoms with Gasteiger partial charge in [0.15, 0.2) is 0 Å². The van der Waals surface area contributed by atoms with Crippen molar-refractivity contribution in [1.82, 2.24) is 10.2 Å². The number of benzene rings is 1. The van der Waals surface area contributed by atoms with E-state index in [9.17, 15) is 9.18 Å². The first-order valence-electron chi connectivity index (χ1n) is 7.41. The van der Waals surface area contributed by atoms with Crippen LogP contribution in [-0.2, 0) is 17.9 Å². The van der Waals surface area contributed by atoms with Crippen LogP contribution in [0, 0.1) is 11.7 Å². The predicted molar refractivity (Wildman–Crippen MR) is 95.5 cm³/mol. The van der Waals surface area contributed by atoms with Crippen LogP contribution >= 0.6 is 24.8 Å². The molecule has 1 fully saturated rings. The zero-order valence-electron chi connectivity index (χ0n) is 13.5. The highest BCUT2D eigenvalue weighted by Gasteiger charge is 2.27. The Balaban J connectivity index is 0.00000242. The molecule has 2 atom stereocenters. The molecule has 0 bridgehead atoms. The van der Waals surface area contributed by atoms with Crippen LogP contribution in [0.4, 0.5) is 4.39 Å². The van der Waals surface area contributed by atoms with E-state index >= 15 is 0 Å². The first-order chi connectivity index (χ1) is 9.95. The summed E-state index contributed by atoms with van der Waals surface area (Å²) in [6.45, 7) is 0.983. The molecule has 132 valence electrons. The molecule has 7 heteroatoms. The average molecular weight is 366 g/mol. The molecular weight excluding hydrogens is 340 g/mol. The Morgan fingerprint density at radius 1 is 1.35 bits per heavy atom. The Morgan fingerprint density at radius 2 is 2.04 bits per heavy atom. The lowest BCUT2D eigenvalue weighted by atomic mass is 10.1. The highest BCUT2D eigenvalue weighted by molar-refractivity contribution is 5.85. The van der Waals surface area contributed by atoms with Gasteiger partial charge in [-0.1, -0.05) is 6.07 Å². The molecule has 1 aromatic rings. The van der Waals surface area contributed by atoms with E-state index in [0.717, 1.165) is 24.8 Å². The zero-order chi connectivity index (χ0) is 15.4. The van der Waals surface area contributed by atoms with Crippen LogP contribution in [-0.4, -0.2) is 30.9 Å². The van der Waals surface area contributed by atoms with Crippen LogP contribution in [0.2, 0.25) is 0 Å². The van der Waals surface area contributed by atoms with Crippen LogP contribution in [0.15, 0.2) is 18.2 Å². The lowest BCUT2D eigenvalue weighted by Crippen LogP contribution is -2.30. The first kappa shape index (κ1) is 22.1. The van der Waals surface area contributed by atoms with Gasteiger partial charge in [0.1, 0.15) is 5.82 Å². The Hall–Kier alpha value is -0.880. The van der Waals surface area contributed by atoms with E-state index in [1.807, 2.05) is 25.1 Å². The highest BCUT2D eigenvalue weighted by Crippen LogP contribution is 2.24. The van der Waals surface area contributed by atoms with Crippen molar-refractivity contribution in [2.75, 3.05) is 14.1 Å². The molecule has 1 aromatic carbocycles. The van der Waals surface area contributed by atoms with E-state index in [-0.39, 0.29) is 48.5 Å². The molecule has 2 rings (SSSR count). The molecule has 0 aliphatic heterocycles. The van der Waals surface area contributed by atoms with Crippen molar-refractivity contribution < 1.29 is 9.18 Å². The van der Waals surface area contributed by atoms with E-state index in [4.69, 9.17) is 5.73 Å². The van der Waals surface area contributed by atoms with E-state index in [1.54, 1.807) is 6.07 Å². The second-order valence-corrected chi connectivity index (χ2v) is 6.15. The molecule has 4 nitrogen and oxygen atoms in total. The molecule has 0 spiro atoms. The maximum absolute atomic E-state index is 13.7. The average Bonchev–Trinajstić information content (AvgIpc) is 2.85. The third kappa shape index (κ3) is 6.63. The fourth-order valence-electron chi connectivity index (χ4n) is 2.79. The van der Waals surface area contributed by atoms with Gasteiger partial charge in [0.2, 0.25) is 5.91 Å². The number of nitrogens with one attached hydrogen (secondary N) is 1. The number of amides is 1. The van der Waals surface area contributed by atoms with Gasteiger partial charge >= 0.3 is 0 Å². The van der Waals surface area contributed by atoms with Crippen molar-refractivity contribution in [2.24, 2.45) is 11.7 Å². The quantitative estimate of drug-likeness (QED) is 0.842. The first-order valence-corrected chi connectivity index (χ1v) is 7.41. The monoisotopic (exact) mass is 365 g/mol. The molecular formula is C16H26Cl2FN3O. The van der Waals surface area contributed by atoms with Gasteiger partial charge in [0, 0.05) is 30.6 Å². The lowest BCUT2D eigenvalue weighted by Gasteiger charge is -2.14. The van der Waals surface area contributed by atoms with E-state index in [1.165, 1.54) is 6.07 Å². The predicted octanol–water partition coefficient (Wildman–Crippen LogP) is 2.47. The van der Waals surface area contributed by atoms with Gasteiger partial charge in [-0.25, -0.2) is 4.39 Å². The molecule has 3 N–H and O–H groups in total. The molecule has 1 amide bonds. The fraction of sp³-hybridized carbons (Fsp3) is 0.562. The molecule has 1 aliphatic rings. The van der Waals surface area contributed by atoms with Crippen molar-refractivity contribution in [2.45, 2.75) is 38.4 Å². The van der Waals surface area contributed by atoms with Crippen molar-refractivity contribution >= 4 is 30.7 Å². The Labute approximate surface area is 149 Å². The van der Waals surface area contributed by atoms with Crippen LogP contribution in [0.5, 0.6) is 0 Å². The zero-order valence-corrected chi connectivity index (χ0v) is 15.2. The topological polar surface area (TPSA) is 58.4 Å². The number of halogens is 3. The lowest BCUT2D eigenvalue weighted by molar-refractivity contribution is -0.125. The van der Waals surface area contributed by atoms with Crippen LogP contribution < -0.4 is 11.1 Å². The third-order valence-electron chi connectivity index (χ3n) is 3.91. The van der Waals surface area contributed by atoms with E-state index in [2.05, 4.69) is 5.32 Å². The summed E-state index contributed by atoms with van der Waals surface area (Å²) in [5.74, 6) is -0.122. The summed E-state index contributed by atoms with van der Waals surface area (Å²) < 4.78 is 13.7. The van der Waals surface area contributed by atoms with Gasteiger partial charge in [-0.05, 0) is 51.1 Å². The van der Waals surface area contributed by atoms with Gasteiger partial charge in [-0.2, -0.15) is 0 Å². The number of hydrogen-bond donors (Lipinski definition) is 2. The summed E-state index contributed by atoms with van der Waals surface area (Å²) in [5.41, 5.74) is 7.39. The number of carbonyl (C=O) groups is 1. The Kier molecular flexibility index (Phi) is 9.70. The summed E-state index contributed by atoms with van der Waals surface area (Å²) >= 11 is 0.